The van der Waals surface area contributed by atoms with Gasteiger partial charge in [-0.05, 0) is 63.8 Å². The number of urea groups is 1. The van der Waals surface area contributed by atoms with Crippen LogP contribution in [-0.4, -0.2) is 51.0 Å². The number of hydrogen-bond donors (Lipinski definition) is 1. The van der Waals surface area contributed by atoms with Crippen molar-refractivity contribution in [2.45, 2.75) is 78.6 Å². The highest BCUT2D eigenvalue weighted by Crippen LogP contribution is 2.33. The summed E-state index contributed by atoms with van der Waals surface area (Å²) < 4.78 is 2.22. The largest absolute Gasteiger partial charge is 0.348 e. The predicted molar refractivity (Wildman–Crippen MR) is 129 cm³/mol. The zero-order chi connectivity index (χ0) is 23.6. The molecule has 6 nitrogen and oxygen atoms in total. The summed E-state index contributed by atoms with van der Waals surface area (Å²) in [4.78, 5) is 30.0. The van der Waals surface area contributed by atoms with Gasteiger partial charge in [-0.3, -0.25) is 4.79 Å². The van der Waals surface area contributed by atoms with E-state index in [2.05, 4.69) is 60.3 Å². The molecule has 3 rings (SSSR count). The van der Waals surface area contributed by atoms with Gasteiger partial charge >= 0.3 is 6.03 Å². The average Bonchev–Trinajstić information content (AvgIpc) is 3.18. The number of carbonyl (C=O) groups is 2. The molecule has 2 heterocycles. The van der Waals surface area contributed by atoms with Crippen molar-refractivity contribution in [1.82, 2.24) is 19.7 Å². The van der Waals surface area contributed by atoms with Gasteiger partial charge in [0.25, 0.3) is 0 Å². The fourth-order valence-corrected chi connectivity index (χ4v) is 4.18. The second-order valence-electron chi connectivity index (χ2n) is 10.3. The highest BCUT2D eigenvalue weighted by molar-refractivity contribution is 5.85. The molecule has 0 spiro atoms. The monoisotopic (exact) mass is 438 g/mol. The molecule has 1 N–H and O–H groups in total. The quantitative estimate of drug-likeness (QED) is 0.732. The van der Waals surface area contributed by atoms with Crippen LogP contribution in [0.15, 0.2) is 42.6 Å². The molecular weight excluding hydrogens is 400 g/mol. The van der Waals surface area contributed by atoms with E-state index >= 15 is 0 Å². The van der Waals surface area contributed by atoms with Crippen molar-refractivity contribution in [3.05, 3.63) is 59.4 Å². The summed E-state index contributed by atoms with van der Waals surface area (Å²) in [7, 11) is 0. The first kappa shape index (κ1) is 23.9. The molecular formula is C26H38N4O2. The molecule has 1 aromatic heterocycles. The van der Waals surface area contributed by atoms with Crippen molar-refractivity contribution in [2.24, 2.45) is 0 Å². The van der Waals surface area contributed by atoms with E-state index in [0.717, 1.165) is 17.8 Å². The highest BCUT2D eigenvalue weighted by Gasteiger charge is 2.34. The van der Waals surface area contributed by atoms with Gasteiger partial charge in [0.1, 0.15) is 6.54 Å². The van der Waals surface area contributed by atoms with Crippen molar-refractivity contribution in [3.8, 4) is 0 Å². The molecule has 0 radical (unpaired) electrons. The van der Waals surface area contributed by atoms with Crippen LogP contribution >= 0.6 is 0 Å². The van der Waals surface area contributed by atoms with E-state index < -0.39 is 0 Å². The number of amides is 3. The minimum atomic E-state index is -0.361. The lowest BCUT2D eigenvalue weighted by molar-refractivity contribution is -0.134. The van der Waals surface area contributed by atoms with Gasteiger partial charge in [-0.1, -0.05) is 38.1 Å². The van der Waals surface area contributed by atoms with Crippen LogP contribution in [0.5, 0.6) is 0 Å². The zero-order valence-electron chi connectivity index (χ0n) is 20.6. The van der Waals surface area contributed by atoms with Gasteiger partial charge in [-0.15, -0.1) is 0 Å². The van der Waals surface area contributed by atoms with Gasteiger partial charge in [0.05, 0.1) is 6.04 Å². The third kappa shape index (κ3) is 5.34. The Kier molecular flexibility index (Phi) is 7.01. The first-order chi connectivity index (χ1) is 15.0. The Morgan fingerprint density at radius 2 is 1.72 bits per heavy atom. The lowest BCUT2D eigenvalue weighted by atomic mass is 9.95. The van der Waals surface area contributed by atoms with Gasteiger partial charge in [-0.25, -0.2) is 4.79 Å². The molecule has 6 heteroatoms. The second-order valence-corrected chi connectivity index (χ2v) is 10.3. The Bertz CT molecular complexity index is 937. The number of aromatic nitrogens is 1. The molecule has 174 valence electrons. The number of fused-ring (bicyclic) bond motifs is 1. The maximum atomic E-state index is 13.6. The summed E-state index contributed by atoms with van der Waals surface area (Å²) in [6, 6.07) is 12.3. The Balaban J connectivity index is 1.88. The van der Waals surface area contributed by atoms with E-state index in [1.807, 2.05) is 45.6 Å². The molecule has 0 saturated carbocycles. The van der Waals surface area contributed by atoms with Crippen LogP contribution in [0.4, 0.5) is 4.79 Å². The van der Waals surface area contributed by atoms with Gasteiger partial charge in [0.2, 0.25) is 5.91 Å². The molecule has 0 aliphatic carbocycles. The van der Waals surface area contributed by atoms with Gasteiger partial charge in [-0.2, -0.15) is 0 Å². The first-order valence-corrected chi connectivity index (χ1v) is 11.6. The molecule has 0 bridgehead atoms. The number of hydrogen-bond acceptors (Lipinski definition) is 2. The van der Waals surface area contributed by atoms with E-state index in [0.29, 0.717) is 12.5 Å². The summed E-state index contributed by atoms with van der Waals surface area (Å²) in [6.07, 6.45) is 2.07. The molecule has 1 aliphatic heterocycles. The number of benzene rings is 1. The van der Waals surface area contributed by atoms with Crippen molar-refractivity contribution >= 4 is 11.9 Å². The van der Waals surface area contributed by atoms with Gasteiger partial charge in [0, 0.05) is 36.6 Å². The molecule has 1 aliphatic rings. The topological polar surface area (TPSA) is 57.6 Å². The van der Waals surface area contributed by atoms with Crippen molar-refractivity contribution in [3.63, 3.8) is 0 Å². The van der Waals surface area contributed by atoms with E-state index in [1.165, 1.54) is 5.56 Å². The fraction of sp³-hybridized carbons (Fsp3) is 0.538. The molecule has 0 saturated heterocycles. The van der Waals surface area contributed by atoms with E-state index in [1.54, 1.807) is 4.90 Å². The van der Waals surface area contributed by atoms with Gasteiger partial charge in [0.15, 0.2) is 0 Å². The summed E-state index contributed by atoms with van der Waals surface area (Å²) in [6.45, 7) is 15.5. The van der Waals surface area contributed by atoms with Gasteiger partial charge < -0.3 is 19.7 Å². The first-order valence-electron chi connectivity index (χ1n) is 11.6. The molecule has 1 unspecified atom stereocenters. The molecule has 1 aromatic carbocycles. The molecule has 32 heavy (non-hydrogen) atoms. The molecule has 1 atom stereocenters. The zero-order valence-corrected chi connectivity index (χ0v) is 20.6. The third-order valence-corrected chi connectivity index (χ3v) is 5.95. The SMILES string of the molecule is CC(C)c1ccc(C2c3cccn3CCN2C(=O)CN(C(=O)NC(C)(C)C)C(C)C)cc1. The predicted octanol–water partition coefficient (Wildman–Crippen LogP) is 4.76. The molecule has 2 aromatic rings. The standard InChI is InChI=1S/C26H38N4O2/c1-18(2)20-10-12-21(13-11-20)24-22-9-8-14-28(22)15-16-29(24)23(31)17-30(19(3)4)25(32)27-26(5,6)7/h8-14,18-19,24H,15-17H2,1-7H3,(H,27,32). The average molecular weight is 439 g/mol. The Labute approximate surface area is 192 Å². The van der Waals surface area contributed by atoms with E-state index in [9.17, 15) is 9.59 Å². The second kappa shape index (κ2) is 9.39. The van der Waals surface area contributed by atoms with Crippen molar-refractivity contribution in [1.29, 1.82) is 0 Å². The van der Waals surface area contributed by atoms with E-state index in [-0.39, 0.29) is 36.1 Å². The maximum absolute atomic E-state index is 13.6. The fourth-order valence-electron chi connectivity index (χ4n) is 4.18. The third-order valence-electron chi connectivity index (χ3n) is 5.95. The van der Waals surface area contributed by atoms with Crippen LogP contribution in [0, 0.1) is 0 Å². The molecule has 0 fully saturated rings. The van der Waals surface area contributed by atoms with Crippen LogP contribution in [0.1, 0.15) is 77.2 Å². The number of rotatable bonds is 5. The number of nitrogens with one attached hydrogen (secondary N) is 1. The van der Waals surface area contributed by atoms with Crippen LogP contribution < -0.4 is 5.32 Å². The lowest BCUT2D eigenvalue weighted by Gasteiger charge is -2.39. The minimum Gasteiger partial charge on any atom is -0.348 e. The van der Waals surface area contributed by atoms with Crippen LogP contribution in [0.25, 0.3) is 0 Å². The van der Waals surface area contributed by atoms with Crippen LogP contribution in [-0.2, 0) is 11.3 Å². The number of nitrogens with zero attached hydrogens (tertiary/aromatic N) is 3. The summed E-state index contributed by atoms with van der Waals surface area (Å²) in [5.74, 6) is 0.422. The molecule has 3 amide bonds. The number of carbonyl (C=O) groups excluding carboxylic acids is 2. The summed E-state index contributed by atoms with van der Waals surface area (Å²) >= 11 is 0. The van der Waals surface area contributed by atoms with Crippen molar-refractivity contribution in [2.75, 3.05) is 13.1 Å². The Morgan fingerprint density at radius 3 is 2.28 bits per heavy atom. The Hall–Kier alpha value is -2.76. The van der Waals surface area contributed by atoms with E-state index in [4.69, 9.17) is 0 Å². The van der Waals surface area contributed by atoms with Crippen LogP contribution in [0.2, 0.25) is 0 Å². The maximum Gasteiger partial charge on any atom is 0.318 e. The highest BCUT2D eigenvalue weighted by atomic mass is 16.2. The lowest BCUT2D eigenvalue weighted by Crippen LogP contribution is -2.54. The normalized spacial score (nSPS) is 16.3. The summed E-state index contributed by atoms with van der Waals surface area (Å²) in [5, 5.41) is 2.99. The van der Waals surface area contributed by atoms with Crippen molar-refractivity contribution < 1.29 is 9.59 Å². The Morgan fingerprint density at radius 1 is 1.06 bits per heavy atom. The smallest absolute Gasteiger partial charge is 0.318 e. The van der Waals surface area contributed by atoms with Crippen LogP contribution in [0.3, 0.4) is 0 Å². The summed E-state index contributed by atoms with van der Waals surface area (Å²) in [5.41, 5.74) is 3.12. The minimum absolute atomic E-state index is 0.0341.